The van der Waals surface area contributed by atoms with Crippen molar-refractivity contribution in [2.75, 3.05) is 0 Å². The van der Waals surface area contributed by atoms with Crippen LogP contribution in [0.25, 0.3) is 0 Å². The van der Waals surface area contributed by atoms with Gasteiger partial charge in [0, 0.05) is 10.7 Å². The van der Waals surface area contributed by atoms with Gasteiger partial charge in [0.2, 0.25) is 0 Å². The highest BCUT2D eigenvalue weighted by molar-refractivity contribution is 8.13. The number of phenolic OH excluding ortho intramolecular Hbond substituents is 1. The Morgan fingerprint density at radius 2 is 2.07 bits per heavy atom. The summed E-state index contributed by atoms with van der Waals surface area (Å²) in [6, 6.07) is 4.04. The van der Waals surface area contributed by atoms with Gasteiger partial charge < -0.3 is 5.11 Å². The Morgan fingerprint density at radius 3 is 2.50 bits per heavy atom. The van der Waals surface area contributed by atoms with E-state index in [1.54, 1.807) is 13.0 Å². The minimum absolute atomic E-state index is 0.169. The van der Waals surface area contributed by atoms with Gasteiger partial charge in [-0.1, -0.05) is 0 Å². The first-order chi connectivity index (χ1) is 6.36. The summed E-state index contributed by atoms with van der Waals surface area (Å²) in [5.41, 5.74) is 0.663. The van der Waals surface area contributed by atoms with Crippen molar-refractivity contribution in [1.82, 2.24) is 0 Å². The lowest BCUT2D eigenvalue weighted by Crippen LogP contribution is -1.94. The second-order valence-electron chi connectivity index (χ2n) is 2.68. The third kappa shape index (κ3) is 1.97. The Morgan fingerprint density at radius 1 is 1.50 bits per heavy atom. The standard InChI is InChI=1S/C8H6ClNO3S/c1-5-2-7(11)8(14(9,12)13)3-6(5)4-10/h2-3,11H,1H3. The summed E-state index contributed by atoms with van der Waals surface area (Å²) < 4.78 is 21.9. The van der Waals surface area contributed by atoms with Gasteiger partial charge in [-0.2, -0.15) is 5.26 Å². The molecule has 0 aliphatic rings. The maximum atomic E-state index is 10.9. The fourth-order valence-corrected chi connectivity index (χ4v) is 1.93. The SMILES string of the molecule is Cc1cc(O)c(S(=O)(=O)Cl)cc1C#N. The van der Waals surface area contributed by atoms with Gasteiger partial charge in [-0.3, -0.25) is 0 Å². The number of nitrogens with zero attached hydrogens (tertiary/aromatic N) is 1. The van der Waals surface area contributed by atoms with Gasteiger partial charge in [-0.15, -0.1) is 0 Å². The van der Waals surface area contributed by atoms with E-state index in [-0.39, 0.29) is 5.56 Å². The largest absolute Gasteiger partial charge is 0.507 e. The van der Waals surface area contributed by atoms with Gasteiger partial charge in [-0.25, -0.2) is 8.42 Å². The number of aryl methyl sites for hydroxylation is 1. The van der Waals surface area contributed by atoms with Crippen LogP contribution >= 0.6 is 10.7 Å². The number of phenols is 1. The lowest BCUT2D eigenvalue weighted by Gasteiger charge is -2.03. The normalized spacial score (nSPS) is 10.9. The van der Waals surface area contributed by atoms with Crippen molar-refractivity contribution < 1.29 is 13.5 Å². The Balaban J connectivity index is 3.58. The van der Waals surface area contributed by atoms with E-state index in [1.807, 2.05) is 0 Å². The van der Waals surface area contributed by atoms with E-state index in [0.717, 1.165) is 6.07 Å². The summed E-state index contributed by atoms with van der Waals surface area (Å²) >= 11 is 0. The molecule has 0 saturated carbocycles. The molecule has 0 aliphatic heterocycles. The lowest BCUT2D eigenvalue weighted by atomic mass is 10.1. The highest BCUT2D eigenvalue weighted by Crippen LogP contribution is 2.28. The summed E-state index contributed by atoms with van der Waals surface area (Å²) in [6.07, 6.45) is 0. The average Bonchev–Trinajstić information content (AvgIpc) is 2.02. The van der Waals surface area contributed by atoms with Crippen LogP contribution in [0.15, 0.2) is 17.0 Å². The van der Waals surface area contributed by atoms with Gasteiger partial charge in [-0.05, 0) is 24.6 Å². The Labute approximate surface area is 85.8 Å². The maximum absolute atomic E-state index is 10.9. The average molecular weight is 232 g/mol. The Bertz CT molecular complexity index is 516. The molecule has 1 aromatic rings. The molecule has 0 fully saturated rings. The predicted octanol–water partition coefficient (Wildman–Crippen LogP) is 1.50. The number of aromatic hydroxyl groups is 1. The molecule has 1 N–H and O–H groups in total. The summed E-state index contributed by atoms with van der Waals surface area (Å²) in [5, 5.41) is 17.9. The Kier molecular flexibility index (Phi) is 2.69. The predicted molar refractivity (Wildman–Crippen MR) is 50.6 cm³/mol. The summed E-state index contributed by atoms with van der Waals surface area (Å²) in [6.45, 7) is 1.59. The highest BCUT2D eigenvalue weighted by Gasteiger charge is 2.17. The van der Waals surface area contributed by atoms with E-state index in [0.29, 0.717) is 5.56 Å². The molecule has 1 rings (SSSR count). The number of nitriles is 1. The van der Waals surface area contributed by atoms with Crippen LogP contribution in [0.5, 0.6) is 5.75 Å². The molecular weight excluding hydrogens is 226 g/mol. The van der Waals surface area contributed by atoms with Crippen molar-refractivity contribution in [3.8, 4) is 11.8 Å². The van der Waals surface area contributed by atoms with Crippen LogP contribution in [0, 0.1) is 18.3 Å². The number of rotatable bonds is 1. The molecule has 0 aliphatic carbocycles. The molecule has 0 heterocycles. The zero-order valence-electron chi connectivity index (χ0n) is 7.15. The first-order valence-corrected chi connectivity index (χ1v) is 5.85. The van der Waals surface area contributed by atoms with Crippen molar-refractivity contribution >= 4 is 19.7 Å². The molecule has 0 saturated heterocycles. The smallest absolute Gasteiger partial charge is 0.265 e. The van der Waals surface area contributed by atoms with Crippen LogP contribution in [0.4, 0.5) is 0 Å². The molecule has 4 nitrogen and oxygen atoms in total. The second-order valence-corrected chi connectivity index (χ2v) is 5.22. The molecule has 6 heteroatoms. The van der Waals surface area contributed by atoms with Crippen LogP contribution < -0.4 is 0 Å². The molecule has 0 spiro atoms. The topological polar surface area (TPSA) is 78.2 Å². The monoisotopic (exact) mass is 231 g/mol. The zero-order chi connectivity index (χ0) is 10.9. The van der Waals surface area contributed by atoms with Crippen molar-refractivity contribution in [1.29, 1.82) is 5.26 Å². The highest BCUT2D eigenvalue weighted by atomic mass is 35.7. The summed E-state index contributed by atoms with van der Waals surface area (Å²) in [7, 11) is 1.04. The molecule has 74 valence electrons. The van der Waals surface area contributed by atoms with Crippen molar-refractivity contribution in [3.05, 3.63) is 23.3 Å². The van der Waals surface area contributed by atoms with Crippen molar-refractivity contribution in [2.45, 2.75) is 11.8 Å². The molecule has 0 bridgehead atoms. The number of halogens is 1. The number of benzene rings is 1. The second kappa shape index (κ2) is 3.48. The zero-order valence-corrected chi connectivity index (χ0v) is 8.72. The fourth-order valence-electron chi connectivity index (χ4n) is 0.989. The summed E-state index contributed by atoms with van der Waals surface area (Å²) in [5.74, 6) is -0.448. The van der Waals surface area contributed by atoms with Crippen molar-refractivity contribution in [3.63, 3.8) is 0 Å². The summed E-state index contributed by atoms with van der Waals surface area (Å²) in [4.78, 5) is -0.443. The maximum Gasteiger partial charge on any atom is 0.265 e. The van der Waals surface area contributed by atoms with Gasteiger partial charge in [0.25, 0.3) is 9.05 Å². The van der Waals surface area contributed by atoms with Crippen molar-refractivity contribution in [2.24, 2.45) is 0 Å². The van der Waals surface area contributed by atoms with Crippen LogP contribution in [0.3, 0.4) is 0 Å². The first-order valence-electron chi connectivity index (χ1n) is 3.54. The van der Waals surface area contributed by atoms with Crippen LogP contribution in [0.1, 0.15) is 11.1 Å². The molecule has 0 unspecified atom stereocenters. The van der Waals surface area contributed by atoms with Gasteiger partial charge in [0.15, 0.2) is 0 Å². The van der Waals surface area contributed by atoms with Gasteiger partial charge in [0.1, 0.15) is 10.6 Å². The van der Waals surface area contributed by atoms with E-state index < -0.39 is 19.7 Å². The molecule has 0 amide bonds. The van der Waals surface area contributed by atoms with E-state index in [4.69, 9.17) is 15.9 Å². The molecule has 1 aromatic carbocycles. The fraction of sp³-hybridized carbons (Fsp3) is 0.125. The van der Waals surface area contributed by atoms with Crippen LogP contribution in [0.2, 0.25) is 0 Å². The first kappa shape index (κ1) is 10.8. The molecule has 0 atom stereocenters. The van der Waals surface area contributed by atoms with E-state index >= 15 is 0 Å². The lowest BCUT2D eigenvalue weighted by molar-refractivity contribution is 0.459. The number of hydrogen-bond donors (Lipinski definition) is 1. The van der Waals surface area contributed by atoms with Gasteiger partial charge in [0.05, 0.1) is 11.6 Å². The minimum Gasteiger partial charge on any atom is -0.507 e. The molecule has 14 heavy (non-hydrogen) atoms. The minimum atomic E-state index is -4.01. The quantitative estimate of drug-likeness (QED) is 0.743. The number of hydrogen-bond acceptors (Lipinski definition) is 4. The van der Waals surface area contributed by atoms with E-state index in [2.05, 4.69) is 0 Å². The molecule has 0 radical (unpaired) electrons. The van der Waals surface area contributed by atoms with Crippen LogP contribution in [-0.2, 0) is 9.05 Å². The van der Waals surface area contributed by atoms with E-state index in [1.165, 1.54) is 6.07 Å². The molecular formula is C8H6ClNO3S. The molecule has 0 aromatic heterocycles. The Hall–Kier alpha value is -1.25. The van der Waals surface area contributed by atoms with E-state index in [9.17, 15) is 13.5 Å². The van der Waals surface area contributed by atoms with Gasteiger partial charge >= 0.3 is 0 Å². The van der Waals surface area contributed by atoms with Crippen LogP contribution in [-0.4, -0.2) is 13.5 Å². The third-order valence-electron chi connectivity index (χ3n) is 1.69. The third-order valence-corrected chi connectivity index (χ3v) is 3.04.